The third-order valence-electron chi connectivity index (χ3n) is 6.94. The number of esters is 2. The zero-order chi connectivity index (χ0) is 27.8. The lowest BCUT2D eigenvalue weighted by atomic mass is 9.95. The molecule has 1 amide bonds. The van der Waals surface area contributed by atoms with Crippen LogP contribution in [0.4, 0.5) is 5.69 Å². The molecule has 1 unspecified atom stereocenters. The van der Waals surface area contributed by atoms with Crippen molar-refractivity contribution in [3.05, 3.63) is 96.2 Å². The molecule has 0 radical (unpaired) electrons. The van der Waals surface area contributed by atoms with Crippen LogP contribution in [0.1, 0.15) is 54.2 Å². The number of aromatic nitrogens is 1. The molecule has 5 rings (SSSR count). The van der Waals surface area contributed by atoms with Gasteiger partial charge in [-0.05, 0) is 37.1 Å². The first-order valence-electron chi connectivity index (χ1n) is 12.5. The molecule has 3 aromatic rings. The molecule has 200 valence electrons. The highest BCUT2D eigenvalue weighted by Crippen LogP contribution is 2.36. The molecule has 39 heavy (non-hydrogen) atoms. The van der Waals surface area contributed by atoms with Gasteiger partial charge in [0, 0.05) is 12.1 Å². The first kappa shape index (κ1) is 26.3. The second-order valence-corrected chi connectivity index (χ2v) is 10.2. The molecule has 2 aromatic carbocycles. The van der Waals surface area contributed by atoms with E-state index in [9.17, 15) is 19.2 Å². The van der Waals surface area contributed by atoms with Crippen LogP contribution in [0.15, 0.2) is 69.6 Å². The van der Waals surface area contributed by atoms with Crippen molar-refractivity contribution in [3.8, 4) is 0 Å². The van der Waals surface area contributed by atoms with Gasteiger partial charge in [-0.2, -0.15) is 0 Å². The number of amides is 1. The van der Waals surface area contributed by atoms with Gasteiger partial charge in [-0.25, -0.2) is 14.6 Å². The lowest BCUT2D eigenvalue weighted by Crippen LogP contribution is -2.41. The molecule has 9 nitrogen and oxygen atoms in total. The first-order valence-corrected chi connectivity index (χ1v) is 13.4. The summed E-state index contributed by atoms with van der Waals surface area (Å²) in [5.41, 5.74) is 2.91. The van der Waals surface area contributed by atoms with Crippen LogP contribution in [0.2, 0.25) is 0 Å². The number of unbranched alkanes of at least 4 members (excludes halogenated alkanes) is 1. The maximum absolute atomic E-state index is 14.1. The number of hydrogen-bond donors (Lipinski definition) is 0. The number of allylic oxidation sites excluding steroid dienone is 1. The van der Waals surface area contributed by atoms with Crippen molar-refractivity contribution in [2.75, 3.05) is 25.7 Å². The van der Waals surface area contributed by atoms with Crippen molar-refractivity contribution < 1.29 is 23.9 Å². The van der Waals surface area contributed by atoms with Crippen LogP contribution >= 0.6 is 11.3 Å². The molecule has 0 aliphatic carbocycles. The van der Waals surface area contributed by atoms with E-state index in [2.05, 4.69) is 11.9 Å². The van der Waals surface area contributed by atoms with Crippen LogP contribution in [0.5, 0.6) is 0 Å². The predicted octanol–water partition coefficient (Wildman–Crippen LogP) is 2.71. The summed E-state index contributed by atoms with van der Waals surface area (Å²) in [5.74, 6) is -1.35. The molecule has 3 heterocycles. The maximum Gasteiger partial charge on any atom is 0.338 e. The second-order valence-electron chi connectivity index (χ2n) is 9.21. The summed E-state index contributed by atoms with van der Waals surface area (Å²) in [7, 11) is 2.56. The Labute approximate surface area is 228 Å². The number of hydrogen-bond acceptors (Lipinski definition) is 8. The number of ether oxygens (including phenoxy) is 2. The Morgan fingerprint density at radius 3 is 2.36 bits per heavy atom. The smallest absolute Gasteiger partial charge is 0.338 e. The topological polar surface area (TPSA) is 107 Å². The van der Waals surface area contributed by atoms with Gasteiger partial charge in [-0.15, -0.1) is 0 Å². The number of methoxy groups -OCH3 is 2. The van der Waals surface area contributed by atoms with Gasteiger partial charge in [0.05, 0.1) is 48.4 Å². The van der Waals surface area contributed by atoms with E-state index in [-0.39, 0.29) is 16.0 Å². The van der Waals surface area contributed by atoms with Crippen LogP contribution < -0.4 is 19.8 Å². The zero-order valence-electron chi connectivity index (χ0n) is 22.0. The fourth-order valence-corrected chi connectivity index (χ4v) is 6.15. The molecule has 0 fully saturated rings. The lowest BCUT2D eigenvalue weighted by molar-refractivity contribution is -0.136. The average molecular weight is 546 g/mol. The van der Waals surface area contributed by atoms with E-state index in [0.717, 1.165) is 29.9 Å². The molecule has 2 aliphatic heterocycles. The molecule has 1 atom stereocenters. The summed E-state index contributed by atoms with van der Waals surface area (Å²) in [4.78, 5) is 59.4. The summed E-state index contributed by atoms with van der Waals surface area (Å²) < 4.78 is 11.6. The number of rotatable bonds is 6. The number of thiazole rings is 1. The fourth-order valence-electron chi connectivity index (χ4n) is 5.02. The normalized spacial score (nSPS) is 17.5. The highest BCUT2D eigenvalue weighted by Gasteiger charge is 2.37. The minimum atomic E-state index is -0.863. The summed E-state index contributed by atoms with van der Waals surface area (Å²) in [6, 6.07) is 13.1. The van der Waals surface area contributed by atoms with E-state index in [4.69, 9.17) is 9.47 Å². The van der Waals surface area contributed by atoms with Gasteiger partial charge in [0.25, 0.3) is 11.5 Å². The van der Waals surface area contributed by atoms with Gasteiger partial charge >= 0.3 is 11.9 Å². The largest absolute Gasteiger partial charge is 0.466 e. The summed E-state index contributed by atoms with van der Waals surface area (Å²) in [5, 5.41) is 0. The van der Waals surface area contributed by atoms with Crippen LogP contribution in [-0.2, 0) is 19.1 Å². The number of carbonyl (C=O) groups is 3. The summed E-state index contributed by atoms with van der Waals surface area (Å²) in [6.07, 6.45) is 1.76. The Hall–Kier alpha value is -4.31. The summed E-state index contributed by atoms with van der Waals surface area (Å²) in [6.45, 7) is 4.30. The zero-order valence-corrected chi connectivity index (χ0v) is 22.8. The predicted molar refractivity (Wildman–Crippen MR) is 146 cm³/mol. The number of anilines is 1. The van der Waals surface area contributed by atoms with E-state index >= 15 is 0 Å². The molecule has 0 N–H and O–H groups in total. The van der Waals surface area contributed by atoms with Gasteiger partial charge in [0.15, 0.2) is 4.80 Å². The number of benzene rings is 2. The van der Waals surface area contributed by atoms with Crippen LogP contribution in [-0.4, -0.2) is 43.2 Å². The Bertz CT molecular complexity index is 1710. The van der Waals surface area contributed by atoms with E-state index < -0.39 is 23.5 Å². The highest BCUT2D eigenvalue weighted by atomic mass is 32.1. The monoisotopic (exact) mass is 545 g/mol. The van der Waals surface area contributed by atoms with Crippen molar-refractivity contribution in [2.24, 2.45) is 4.99 Å². The summed E-state index contributed by atoms with van der Waals surface area (Å²) >= 11 is 1.13. The van der Waals surface area contributed by atoms with Crippen LogP contribution in [0, 0.1) is 0 Å². The van der Waals surface area contributed by atoms with E-state index in [1.54, 1.807) is 36.1 Å². The standard InChI is InChI=1S/C29H27N3O6S/c1-5-6-15-31-20-10-8-7-9-19(20)22(25(31)33)24-26(34)32-23(17-11-13-18(14-12-17)27(35)37-3)21(28(36)38-4)16(2)30-29(32)39-24/h7-14,23H,5-6,15H2,1-4H3. The van der Waals surface area contributed by atoms with E-state index in [1.165, 1.54) is 18.8 Å². The molecule has 2 aliphatic rings. The van der Waals surface area contributed by atoms with Gasteiger partial charge in [0.1, 0.15) is 4.53 Å². The minimum absolute atomic E-state index is 0.204. The van der Waals surface area contributed by atoms with Crippen molar-refractivity contribution >= 4 is 40.4 Å². The number of para-hydroxylation sites is 1. The highest BCUT2D eigenvalue weighted by molar-refractivity contribution is 7.07. The molecular formula is C29H27N3O6S. The Kier molecular flexibility index (Phi) is 7.05. The van der Waals surface area contributed by atoms with Gasteiger partial charge in [-0.1, -0.05) is 55.0 Å². The molecule has 0 spiro atoms. The van der Waals surface area contributed by atoms with Gasteiger partial charge < -0.3 is 14.4 Å². The molecule has 0 saturated carbocycles. The molecule has 10 heteroatoms. The van der Waals surface area contributed by atoms with Crippen molar-refractivity contribution in [3.63, 3.8) is 0 Å². The van der Waals surface area contributed by atoms with Gasteiger partial charge in [-0.3, -0.25) is 14.2 Å². The van der Waals surface area contributed by atoms with E-state index in [0.29, 0.717) is 39.3 Å². The number of fused-ring (bicyclic) bond motifs is 2. The molecular weight excluding hydrogens is 518 g/mol. The lowest BCUT2D eigenvalue weighted by Gasteiger charge is -2.24. The molecule has 0 saturated heterocycles. The number of nitrogens with zero attached hydrogens (tertiary/aromatic N) is 3. The third-order valence-corrected chi connectivity index (χ3v) is 7.99. The van der Waals surface area contributed by atoms with Crippen LogP contribution in [0.25, 0.3) is 5.57 Å². The maximum atomic E-state index is 14.1. The minimum Gasteiger partial charge on any atom is -0.466 e. The van der Waals surface area contributed by atoms with Crippen LogP contribution in [0.3, 0.4) is 0 Å². The van der Waals surface area contributed by atoms with Gasteiger partial charge in [0.2, 0.25) is 0 Å². The number of carbonyl (C=O) groups excluding carboxylic acids is 3. The van der Waals surface area contributed by atoms with Crippen molar-refractivity contribution in [1.82, 2.24) is 4.57 Å². The quantitative estimate of drug-likeness (QED) is 0.441. The fraction of sp³-hybridized carbons (Fsp3) is 0.276. The van der Waals surface area contributed by atoms with Crippen molar-refractivity contribution in [1.29, 1.82) is 0 Å². The average Bonchev–Trinajstić information content (AvgIpc) is 3.42. The SMILES string of the molecule is CCCCN1C(=O)C(=c2sc3n(c2=O)C(c2ccc(C(=O)OC)cc2)C(C(=O)OC)=C(C)N=3)c2ccccc21. The Morgan fingerprint density at radius 2 is 1.69 bits per heavy atom. The second kappa shape index (κ2) is 10.5. The third kappa shape index (κ3) is 4.30. The van der Waals surface area contributed by atoms with Crippen molar-refractivity contribution in [2.45, 2.75) is 32.7 Å². The first-order chi connectivity index (χ1) is 18.8. The Balaban J connectivity index is 1.76. The Morgan fingerprint density at radius 1 is 1.00 bits per heavy atom. The van der Waals surface area contributed by atoms with E-state index in [1.807, 2.05) is 24.3 Å². The molecule has 0 bridgehead atoms. The molecule has 1 aromatic heterocycles.